The number of carbonyl (C=O) groups is 2. The summed E-state index contributed by atoms with van der Waals surface area (Å²) in [6.07, 6.45) is 0.849. The van der Waals surface area contributed by atoms with Crippen LogP contribution < -0.4 is 15.5 Å². The van der Waals surface area contributed by atoms with Crippen molar-refractivity contribution in [3.05, 3.63) is 59.2 Å². The summed E-state index contributed by atoms with van der Waals surface area (Å²) in [6.45, 7) is 8.47. The topological polar surface area (TPSA) is 61.4 Å². The summed E-state index contributed by atoms with van der Waals surface area (Å²) in [5.74, 6) is -0.0827. The van der Waals surface area contributed by atoms with Gasteiger partial charge in [0, 0.05) is 17.9 Å². The molecule has 0 saturated carbocycles. The average Bonchev–Trinajstić information content (AvgIpc) is 3.06. The quantitative estimate of drug-likeness (QED) is 0.859. The molecule has 2 N–H and O–H groups in total. The Bertz CT molecular complexity index is 860. The van der Waals surface area contributed by atoms with E-state index in [1.165, 1.54) is 5.56 Å². The average molecular weight is 365 g/mol. The predicted octanol–water partition coefficient (Wildman–Crippen LogP) is 4.04. The predicted molar refractivity (Wildman–Crippen MR) is 109 cm³/mol. The van der Waals surface area contributed by atoms with Crippen molar-refractivity contribution in [2.75, 3.05) is 16.8 Å². The molecule has 5 heteroatoms. The van der Waals surface area contributed by atoms with E-state index >= 15 is 0 Å². The summed E-state index contributed by atoms with van der Waals surface area (Å²) in [4.78, 5) is 27.5. The first-order chi connectivity index (χ1) is 12.9. The fraction of sp³-hybridized carbons (Fsp3) is 0.364. The number of rotatable bonds is 4. The maximum atomic E-state index is 13.1. The number of nitrogens with zero attached hydrogens (tertiary/aromatic N) is 1. The van der Waals surface area contributed by atoms with Crippen LogP contribution in [0, 0.1) is 19.8 Å². The van der Waals surface area contributed by atoms with Gasteiger partial charge in [-0.3, -0.25) is 4.79 Å². The van der Waals surface area contributed by atoms with Crippen molar-refractivity contribution >= 4 is 23.3 Å². The lowest BCUT2D eigenvalue weighted by Crippen LogP contribution is -2.52. The zero-order valence-electron chi connectivity index (χ0n) is 16.4. The van der Waals surface area contributed by atoms with Gasteiger partial charge in [-0.05, 0) is 55.0 Å². The number of fused-ring (bicyclic) bond motifs is 1. The Labute approximate surface area is 160 Å². The molecule has 3 rings (SSSR count). The van der Waals surface area contributed by atoms with Gasteiger partial charge in [-0.2, -0.15) is 0 Å². The molecule has 0 unspecified atom stereocenters. The van der Waals surface area contributed by atoms with E-state index in [-0.39, 0.29) is 17.9 Å². The molecular weight excluding hydrogens is 338 g/mol. The highest BCUT2D eigenvalue weighted by Crippen LogP contribution is 2.28. The highest BCUT2D eigenvalue weighted by Gasteiger charge is 2.32. The molecule has 1 aliphatic rings. The Morgan fingerprint density at radius 1 is 1.07 bits per heavy atom. The maximum absolute atomic E-state index is 13.1. The highest BCUT2D eigenvalue weighted by atomic mass is 16.2. The normalized spacial score (nSPS) is 14.0. The monoisotopic (exact) mass is 365 g/mol. The number of carbonyl (C=O) groups excluding carboxylic acids is 2. The molecule has 0 saturated heterocycles. The van der Waals surface area contributed by atoms with Crippen LogP contribution in [-0.2, 0) is 11.2 Å². The van der Waals surface area contributed by atoms with Crippen molar-refractivity contribution in [2.45, 2.75) is 40.2 Å². The number of hydrogen-bond acceptors (Lipinski definition) is 2. The molecule has 2 aromatic carbocycles. The van der Waals surface area contributed by atoms with Crippen LogP contribution in [0.4, 0.5) is 16.2 Å². The van der Waals surface area contributed by atoms with E-state index in [9.17, 15) is 9.59 Å². The number of nitrogens with one attached hydrogen (secondary N) is 2. The molecule has 0 bridgehead atoms. The van der Waals surface area contributed by atoms with E-state index in [4.69, 9.17) is 0 Å². The van der Waals surface area contributed by atoms with Gasteiger partial charge >= 0.3 is 6.03 Å². The van der Waals surface area contributed by atoms with E-state index < -0.39 is 6.04 Å². The molecule has 1 aliphatic heterocycles. The van der Waals surface area contributed by atoms with Gasteiger partial charge in [0.2, 0.25) is 5.91 Å². The standard InChI is InChI=1S/C22H27N3O2/c1-14(2)20(21(26)25-12-11-17-7-5-6-8-19(17)25)24-22(27)23-18-13-15(3)9-10-16(18)4/h5-10,13-14,20H,11-12H2,1-4H3,(H2,23,24,27)/t20-/m0/s1. The van der Waals surface area contributed by atoms with Crippen molar-refractivity contribution in [2.24, 2.45) is 5.92 Å². The van der Waals surface area contributed by atoms with E-state index in [1.54, 1.807) is 4.90 Å². The summed E-state index contributed by atoms with van der Waals surface area (Å²) >= 11 is 0. The second-order valence-corrected chi connectivity index (χ2v) is 7.51. The van der Waals surface area contributed by atoms with Gasteiger partial charge in [-0.15, -0.1) is 0 Å². The third-order valence-electron chi connectivity index (χ3n) is 5.01. The highest BCUT2D eigenvalue weighted by molar-refractivity contribution is 6.02. The number of hydrogen-bond donors (Lipinski definition) is 2. The molecule has 142 valence electrons. The molecule has 1 heterocycles. The van der Waals surface area contributed by atoms with Crippen LogP contribution in [0.3, 0.4) is 0 Å². The Kier molecular flexibility index (Phi) is 5.49. The zero-order valence-corrected chi connectivity index (χ0v) is 16.4. The van der Waals surface area contributed by atoms with Crippen molar-refractivity contribution in [1.82, 2.24) is 5.32 Å². The SMILES string of the molecule is Cc1ccc(C)c(NC(=O)N[C@H](C(=O)N2CCc3ccccc32)C(C)C)c1. The Hall–Kier alpha value is -2.82. The number of aryl methyl sites for hydroxylation is 2. The molecule has 2 aromatic rings. The Morgan fingerprint density at radius 3 is 2.56 bits per heavy atom. The number of urea groups is 1. The number of anilines is 2. The van der Waals surface area contributed by atoms with Gasteiger partial charge in [0.25, 0.3) is 0 Å². The van der Waals surface area contributed by atoms with Crippen LogP contribution in [0.1, 0.15) is 30.5 Å². The molecule has 27 heavy (non-hydrogen) atoms. The van der Waals surface area contributed by atoms with Gasteiger partial charge in [-0.1, -0.05) is 44.2 Å². The molecule has 0 aliphatic carbocycles. The molecule has 0 radical (unpaired) electrons. The van der Waals surface area contributed by atoms with Crippen LogP contribution in [0.25, 0.3) is 0 Å². The summed E-state index contributed by atoms with van der Waals surface area (Å²) in [5, 5.41) is 5.76. The first-order valence-electron chi connectivity index (χ1n) is 9.41. The largest absolute Gasteiger partial charge is 0.326 e. The van der Waals surface area contributed by atoms with Crippen LogP contribution in [-0.4, -0.2) is 24.5 Å². The summed E-state index contributed by atoms with van der Waals surface area (Å²) < 4.78 is 0. The summed E-state index contributed by atoms with van der Waals surface area (Å²) in [7, 11) is 0. The molecule has 0 spiro atoms. The molecular formula is C22H27N3O2. The summed E-state index contributed by atoms with van der Waals surface area (Å²) in [5.41, 5.74) is 4.93. The lowest BCUT2D eigenvalue weighted by molar-refractivity contribution is -0.121. The van der Waals surface area contributed by atoms with Gasteiger partial charge < -0.3 is 15.5 Å². The smallest absolute Gasteiger partial charge is 0.319 e. The van der Waals surface area contributed by atoms with Gasteiger partial charge in [0.15, 0.2) is 0 Å². The van der Waals surface area contributed by atoms with Gasteiger partial charge in [0.05, 0.1) is 0 Å². The Balaban J connectivity index is 1.73. The second kappa shape index (κ2) is 7.82. The fourth-order valence-corrected chi connectivity index (χ4v) is 3.42. The van der Waals surface area contributed by atoms with Crippen molar-refractivity contribution < 1.29 is 9.59 Å². The molecule has 1 atom stereocenters. The van der Waals surface area contributed by atoms with Crippen LogP contribution in [0.2, 0.25) is 0 Å². The van der Waals surface area contributed by atoms with Crippen molar-refractivity contribution in [3.8, 4) is 0 Å². The van der Waals surface area contributed by atoms with Crippen LogP contribution in [0.5, 0.6) is 0 Å². The maximum Gasteiger partial charge on any atom is 0.319 e. The zero-order chi connectivity index (χ0) is 19.6. The van der Waals surface area contributed by atoms with Crippen LogP contribution >= 0.6 is 0 Å². The first-order valence-corrected chi connectivity index (χ1v) is 9.41. The molecule has 0 fully saturated rings. The third kappa shape index (κ3) is 4.13. The number of benzene rings is 2. The van der Waals surface area contributed by atoms with Crippen molar-refractivity contribution in [1.29, 1.82) is 0 Å². The number of para-hydroxylation sites is 1. The first kappa shape index (κ1) is 19.0. The van der Waals surface area contributed by atoms with Gasteiger partial charge in [0.1, 0.15) is 6.04 Å². The molecule has 3 amide bonds. The minimum atomic E-state index is -0.582. The third-order valence-corrected chi connectivity index (χ3v) is 5.01. The molecule has 0 aromatic heterocycles. The van der Waals surface area contributed by atoms with Crippen LogP contribution in [0.15, 0.2) is 42.5 Å². The minimum absolute atomic E-state index is 0.0189. The van der Waals surface area contributed by atoms with Crippen molar-refractivity contribution in [3.63, 3.8) is 0 Å². The van der Waals surface area contributed by atoms with E-state index in [2.05, 4.69) is 10.6 Å². The second-order valence-electron chi connectivity index (χ2n) is 7.51. The molecule has 5 nitrogen and oxygen atoms in total. The minimum Gasteiger partial charge on any atom is -0.326 e. The Morgan fingerprint density at radius 2 is 1.81 bits per heavy atom. The number of amides is 3. The van der Waals surface area contributed by atoms with Gasteiger partial charge in [-0.25, -0.2) is 4.79 Å². The fourth-order valence-electron chi connectivity index (χ4n) is 3.42. The van der Waals surface area contributed by atoms with E-state index in [0.29, 0.717) is 6.54 Å². The van der Waals surface area contributed by atoms with E-state index in [1.807, 2.05) is 70.2 Å². The van der Waals surface area contributed by atoms with E-state index in [0.717, 1.165) is 28.9 Å². The lowest BCUT2D eigenvalue weighted by Gasteiger charge is -2.27. The lowest BCUT2D eigenvalue weighted by atomic mass is 10.0. The summed E-state index contributed by atoms with van der Waals surface area (Å²) in [6, 6.07) is 12.9.